The van der Waals surface area contributed by atoms with E-state index in [4.69, 9.17) is 5.10 Å². The Labute approximate surface area is 190 Å². The van der Waals surface area contributed by atoms with Crippen molar-refractivity contribution in [3.63, 3.8) is 0 Å². The Morgan fingerprint density at radius 1 is 0.818 bits per heavy atom. The molecule has 33 heavy (non-hydrogen) atoms. The molecule has 0 spiro atoms. The van der Waals surface area contributed by atoms with E-state index in [-0.39, 0.29) is 11.6 Å². The Morgan fingerprint density at radius 3 is 2.00 bits per heavy atom. The van der Waals surface area contributed by atoms with Crippen LogP contribution in [-0.2, 0) is 11.7 Å². The van der Waals surface area contributed by atoms with E-state index in [0.717, 1.165) is 36.6 Å². The number of rotatable bonds is 5. The van der Waals surface area contributed by atoms with Crippen LogP contribution in [0.2, 0.25) is 0 Å². The van der Waals surface area contributed by atoms with Crippen molar-refractivity contribution in [3.05, 3.63) is 114 Å². The lowest BCUT2D eigenvalue weighted by Crippen LogP contribution is -2.51. The van der Waals surface area contributed by atoms with Gasteiger partial charge in [-0.3, -0.25) is 4.68 Å². The van der Waals surface area contributed by atoms with Crippen molar-refractivity contribution in [2.24, 2.45) is 0 Å². The Bertz CT molecular complexity index is 1170. The van der Waals surface area contributed by atoms with Crippen molar-refractivity contribution in [1.82, 2.24) is 15.1 Å². The Hall–Kier alpha value is -3.38. The maximum atomic E-state index is 13.7. The van der Waals surface area contributed by atoms with Crippen molar-refractivity contribution in [2.45, 2.75) is 30.6 Å². The van der Waals surface area contributed by atoms with Crippen molar-refractivity contribution < 1.29 is 13.2 Å². The molecular weight excluding hydrogens is 423 g/mol. The minimum absolute atomic E-state index is 0.0351. The smallest absolute Gasteiger partial charge is 0.311 e. The molecule has 4 aromatic rings. The molecule has 1 atom stereocenters. The Kier molecular flexibility index (Phi) is 5.54. The molecule has 3 aromatic carbocycles. The largest absolute Gasteiger partial charge is 0.417 e. The lowest BCUT2D eigenvalue weighted by Gasteiger charge is -2.40. The monoisotopic (exact) mass is 447 g/mol. The molecule has 1 saturated heterocycles. The Morgan fingerprint density at radius 2 is 1.42 bits per heavy atom. The topological polar surface area (TPSA) is 29.9 Å². The number of halogens is 3. The second kappa shape index (κ2) is 8.52. The molecule has 1 aromatic heterocycles. The number of hydrogen-bond acceptors (Lipinski definition) is 2. The van der Waals surface area contributed by atoms with Gasteiger partial charge in [0.25, 0.3) is 0 Å². The first kappa shape index (κ1) is 21.5. The van der Waals surface area contributed by atoms with Gasteiger partial charge in [-0.15, -0.1) is 0 Å². The molecular formula is C27H24F3N3. The highest BCUT2D eigenvalue weighted by Gasteiger charge is 2.46. The van der Waals surface area contributed by atoms with Crippen LogP contribution in [0.25, 0.3) is 11.1 Å². The molecule has 0 saturated carbocycles. The first-order chi connectivity index (χ1) is 16.0. The molecule has 3 nitrogen and oxygen atoms in total. The van der Waals surface area contributed by atoms with Crippen molar-refractivity contribution >= 4 is 0 Å². The molecule has 6 heteroatoms. The highest BCUT2D eigenvalue weighted by molar-refractivity contribution is 5.67. The van der Waals surface area contributed by atoms with Gasteiger partial charge in [0, 0.05) is 17.8 Å². The minimum Gasteiger partial charge on any atom is -0.311 e. The lowest BCUT2D eigenvalue weighted by atomic mass is 9.76. The first-order valence-corrected chi connectivity index (χ1v) is 11.1. The SMILES string of the molecule is FC(F)(F)c1ccccc1-c1cnn(C(c2ccccc2)(c2ccccc2)C2CCCN2)c1. The molecule has 0 aliphatic carbocycles. The van der Waals surface area contributed by atoms with E-state index in [1.165, 1.54) is 12.1 Å². The van der Waals surface area contributed by atoms with Crippen molar-refractivity contribution in [3.8, 4) is 11.1 Å². The van der Waals surface area contributed by atoms with Crippen LogP contribution in [0.4, 0.5) is 13.2 Å². The quantitative estimate of drug-likeness (QED) is 0.400. The fourth-order valence-electron chi connectivity index (χ4n) is 5.06. The van der Waals surface area contributed by atoms with Crippen LogP contribution in [0, 0.1) is 0 Å². The molecule has 0 amide bonds. The number of aromatic nitrogens is 2. The predicted molar refractivity (Wildman–Crippen MR) is 123 cm³/mol. The summed E-state index contributed by atoms with van der Waals surface area (Å²) >= 11 is 0. The summed E-state index contributed by atoms with van der Waals surface area (Å²) in [4.78, 5) is 0. The number of nitrogens with one attached hydrogen (secondary N) is 1. The fourth-order valence-corrected chi connectivity index (χ4v) is 5.06. The molecule has 0 bridgehead atoms. The van der Waals surface area contributed by atoms with Gasteiger partial charge in [-0.25, -0.2) is 0 Å². The summed E-state index contributed by atoms with van der Waals surface area (Å²) in [6, 6.07) is 25.9. The number of hydrogen-bond donors (Lipinski definition) is 1. The molecule has 1 aliphatic heterocycles. The lowest BCUT2D eigenvalue weighted by molar-refractivity contribution is -0.137. The van der Waals surface area contributed by atoms with E-state index < -0.39 is 17.3 Å². The third-order valence-corrected chi connectivity index (χ3v) is 6.48. The molecule has 168 valence electrons. The zero-order valence-electron chi connectivity index (χ0n) is 18.0. The minimum atomic E-state index is -4.44. The van der Waals surface area contributed by atoms with Crippen LogP contribution < -0.4 is 5.32 Å². The molecule has 0 radical (unpaired) electrons. The number of alkyl halides is 3. The predicted octanol–water partition coefficient (Wildman–Crippen LogP) is 6.11. The Balaban J connectivity index is 1.74. The van der Waals surface area contributed by atoms with E-state index >= 15 is 0 Å². The van der Waals surface area contributed by atoms with Gasteiger partial charge in [0.15, 0.2) is 0 Å². The van der Waals surface area contributed by atoms with E-state index in [0.29, 0.717) is 5.56 Å². The van der Waals surface area contributed by atoms with Gasteiger partial charge in [0.05, 0.1) is 11.8 Å². The van der Waals surface area contributed by atoms with Crippen LogP contribution in [0.5, 0.6) is 0 Å². The molecule has 1 aliphatic rings. The molecule has 1 N–H and O–H groups in total. The average molecular weight is 448 g/mol. The summed E-state index contributed by atoms with van der Waals surface area (Å²) < 4.78 is 43.0. The van der Waals surface area contributed by atoms with Crippen molar-refractivity contribution in [1.29, 1.82) is 0 Å². The molecule has 1 fully saturated rings. The summed E-state index contributed by atoms with van der Waals surface area (Å²) in [6.45, 7) is 0.886. The van der Waals surface area contributed by atoms with Crippen LogP contribution in [0.15, 0.2) is 97.3 Å². The van der Waals surface area contributed by atoms with Gasteiger partial charge in [-0.05, 0) is 42.1 Å². The zero-order chi connectivity index (χ0) is 22.9. The highest BCUT2D eigenvalue weighted by Crippen LogP contribution is 2.42. The second-order valence-corrected chi connectivity index (χ2v) is 8.36. The maximum absolute atomic E-state index is 13.7. The van der Waals surface area contributed by atoms with E-state index in [9.17, 15) is 13.2 Å². The first-order valence-electron chi connectivity index (χ1n) is 11.1. The third-order valence-electron chi connectivity index (χ3n) is 6.48. The third kappa shape index (κ3) is 3.74. The van der Waals surface area contributed by atoms with Gasteiger partial charge in [0.2, 0.25) is 0 Å². The van der Waals surface area contributed by atoms with Crippen LogP contribution in [0.1, 0.15) is 29.5 Å². The van der Waals surface area contributed by atoms with Crippen LogP contribution in [0.3, 0.4) is 0 Å². The fraction of sp³-hybridized carbons (Fsp3) is 0.222. The summed E-state index contributed by atoms with van der Waals surface area (Å²) in [6.07, 6.45) is 0.807. The van der Waals surface area contributed by atoms with Crippen molar-refractivity contribution in [2.75, 3.05) is 6.54 Å². The van der Waals surface area contributed by atoms with E-state index in [1.807, 2.05) is 41.1 Å². The van der Waals surface area contributed by atoms with Gasteiger partial charge in [0.1, 0.15) is 5.54 Å². The average Bonchev–Trinajstić information content (AvgIpc) is 3.54. The summed E-state index contributed by atoms with van der Waals surface area (Å²) in [5.41, 5.74) is 1.28. The molecule has 2 heterocycles. The van der Waals surface area contributed by atoms with E-state index in [2.05, 4.69) is 29.6 Å². The number of nitrogens with zero attached hydrogens (tertiary/aromatic N) is 2. The molecule has 5 rings (SSSR count). The number of benzene rings is 3. The van der Waals surface area contributed by atoms with Crippen LogP contribution >= 0.6 is 0 Å². The zero-order valence-corrected chi connectivity index (χ0v) is 18.0. The summed E-state index contributed by atoms with van der Waals surface area (Å²) in [5.74, 6) is 0. The standard InChI is InChI=1S/C27H24F3N3/c28-27(29,30)24-15-8-7-14-23(24)20-18-32-33(19-20)26(25-16-9-17-31-25,21-10-3-1-4-11-21)22-12-5-2-6-13-22/h1-8,10-15,18-19,25,31H,9,16-17H2. The maximum Gasteiger partial charge on any atom is 0.417 e. The molecule has 1 unspecified atom stereocenters. The summed E-state index contributed by atoms with van der Waals surface area (Å²) in [5, 5.41) is 8.33. The highest BCUT2D eigenvalue weighted by atomic mass is 19.4. The summed E-state index contributed by atoms with van der Waals surface area (Å²) in [7, 11) is 0. The van der Waals surface area contributed by atoms with Gasteiger partial charge in [-0.2, -0.15) is 18.3 Å². The van der Waals surface area contributed by atoms with Gasteiger partial charge < -0.3 is 5.32 Å². The normalized spacial score (nSPS) is 16.8. The van der Waals surface area contributed by atoms with Crippen LogP contribution in [-0.4, -0.2) is 22.4 Å². The van der Waals surface area contributed by atoms with Gasteiger partial charge in [-0.1, -0.05) is 78.9 Å². The second-order valence-electron chi connectivity index (χ2n) is 8.36. The van der Waals surface area contributed by atoms with E-state index in [1.54, 1.807) is 18.5 Å². The van der Waals surface area contributed by atoms with Gasteiger partial charge >= 0.3 is 6.18 Å².